The molecular formula is C23H27ClN2O5. The number of halogens is 1. The number of hydrogen-bond acceptors (Lipinski definition) is 5. The molecule has 0 saturated carbocycles. The van der Waals surface area contributed by atoms with E-state index in [4.69, 9.17) is 26.2 Å². The van der Waals surface area contributed by atoms with Crippen molar-refractivity contribution in [1.29, 1.82) is 0 Å². The van der Waals surface area contributed by atoms with Gasteiger partial charge in [-0.15, -0.1) is 0 Å². The molecule has 0 spiro atoms. The van der Waals surface area contributed by atoms with Crippen molar-refractivity contribution in [2.75, 3.05) is 32.2 Å². The number of aliphatic hydroxyl groups is 1. The average Bonchev–Trinajstić information content (AvgIpc) is 2.77. The van der Waals surface area contributed by atoms with Gasteiger partial charge in [0, 0.05) is 30.5 Å². The number of anilines is 1. The van der Waals surface area contributed by atoms with Crippen LogP contribution in [-0.4, -0.2) is 43.8 Å². The lowest BCUT2D eigenvalue weighted by Crippen LogP contribution is -2.24. The molecule has 3 N–H and O–H groups in total. The number of amides is 2. The summed E-state index contributed by atoms with van der Waals surface area (Å²) in [6.45, 7) is 2.95. The molecule has 2 rings (SSSR count). The molecule has 31 heavy (non-hydrogen) atoms. The molecule has 2 amide bonds. The minimum Gasteiger partial charge on any atom is -0.493 e. The Bertz CT molecular complexity index is 913. The normalized spacial score (nSPS) is 10.7. The SMILES string of the molecule is CCCOc1c(Cl)cc(/C=C/C(=O)Nc2ccc(C(=O)NCCCO)cc2)cc1OC. The van der Waals surface area contributed by atoms with E-state index in [1.165, 1.54) is 13.2 Å². The number of methoxy groups -OCH3 is 1. The molecule has 0 fully saturated rings. The van der Waals surface area contributed by atoms with Crippen molar-refractivity contribution >= 4 is 35.2 Å². The van der Waals surface area contributed by atoms with Crippen molar-refractivity contribution in [3.05, 3.63) is 58.6 Å². The second-order valence-corrected chi connectivity index (χ2v) is 7.02. The van der Waals surface area contributed by atoms with Crippen LogP contribution in [0.3, 0.4) is 0 Å². The molecule has 0 aliphatic heterocycles. The summed E-state index contributed by atoms with van der Waals surface area (Å²) in [5.74, 6) is 0.409. The van der Waals surface area contributed by atoms with Crippen molar-refractivity contribution < 1.29 is 24.2 Å². The molecule has 0 radical (unpaired) electrons. The smallest absolute Gasteiger partial charge is 0.251 e. The number of aliphatic hydroxyl groups excluding tert-OH is 1. The zero-order chi connectivity index (χ0) is 22.6. The van der Waals surface area contributed by atoms with E-state index in [1.54, 1.807) is 42.5 Å². The van der Waals surface area contributed by atoms with Gasteiger partial charge in [-0.1, -0.05) is 18.5 Å². The Morgan fingerprint density at radius 3 is 2.58 bits per heavy atom. The van der Waals surface area contributed by atoms with Crippen molar-refractivity contribution in [3.63, 3.8) is 0 Å². The van der Waals surface area contributed by atoms with E-state index in [1.807, 2.05) is 6.92 Å². The maximum atomic E-state index is 12.2. The Hall–Kier alpha value is -3.03. The summed E-state index contributed by atoms with van der Waals surface area (Å²) in [6.07, 6.45) is 4.35. The van der Waals surface area contributed by atoms with Gasteiger partial charge >= 0.3 is 0 Å². The standard InChI is InChI=1S/C23H27ClN2O5/c1-3-13-31-22-19(24)14-16(15-20(22)30-2)5-10-21(28)26-18-8-6-17(7-9-18)23(29)25-11-4-12-27/h5-10,14-15,27H,3-4,11-13H2,1-2H3,(H,25,29)(H,26,28)/b10-5+. The molecule has 8 heteroatoms. The van der Waals surface area contributed by atoms with Gasteiger partial charge in [-0.25, -0.2) is 0 Å². The first-order valence-corrected chi connectivity index (χ1v) is 10.3. The van der Waals surface area contributed by atoms with E-state index in [2.05, 4.69) is 10.6 Å². The summed E-state index contributed by atoms with van der Waals surface area (Å²) >= 11 is 6.29. The number of carbonyl (C=O) groups excluding carboxylic acids is 2. The molecular weight excluding hydrogens is 420 g/mol. The average molecular weight is 447 g/mol. The maximum absolute atomic E-state index is 12.2. The topological polar surface area (TPSA) is 96.9 Å². The fraction of sp³-hybridized carbons (Fsp3) is 0.304. The number of benzene rings is 2. The summed E-state index contributed by atoms with van der Waals surface area (Å²) in [5, 5.41) is 14.6. The van der Waals surface area contributed by atoms with Crippen molar-refractivity contribution in [2.45, 2.75) is 19.8 Å². The highest BCUT2D eigenvalue weighted by Gasteiger charge is 2.11. The van der Waals surface area contributed by atoms with Gasteiger partial charge in [0.15, 0.2) is 11.5 Å². The zero-order valence-electron chi connectivity index (χ0n) is 17.6. The van der Waals surface area contributed by atoms with Crippen molar-refractivity contribution in [1.82, 2.24) is 5.32 Å². The molecule has 0 saturated heterocycles. The van der Waals surface area contributed by atoms with Crippen LogP contribution in [0, 0.1) is 0 Å². The van der Waals surface area contributed by atoms with Crippen LogP contribution >= 0.6 is 11.6 Å². The van der Waals surface area contributed by atoms with Crippen LogP contribution in [0.5, 0.6) is 11.5 Å². The van der Waals surface area contributed by atoms with Crippen LogP contribution < -0.4 is 20.1 Å². The lowest BCUT2D eigenvalue weighted by Gasteiger charge is -2.12. The number of rotatable bonds is 11. The Morgan fingerprint density at radius 2 is 1.94 bits per heavy atom. The van der Waals surface area contributed by atoms with Crippen LogP contribution in [0.4, 0.5) is 5.69 Å². The van der Waals surface area contributed by atoms with Crippen LogP contribution in [0.25, 0.3) is 6.08 Å². The summed E-state index contributed by atoms with van der Waals surface area (Å²) in [7, 11) is 1.53. The van der Waals surface area contributed by atoms with Gasteiger partial charge in [0.2, 0.25) is 5.91 Å². The fourth-order valence-electron chi connectivity index (χ4n) is 2.62. The van der Waals surface area contributed by atoms with Gasteiger partial charge in [0.25, 0.3) is 5.91 Å². The van der Waals surface area contributed by atoms with Gasteiger partial charge in [-0.05, 0) is 60.9 Å². The minimum absolute atomic E-state index is 0.0224. The van der Waals surface area contributed by atoms with E-state index in [0.29, 0.717) is 52.9 Å². The number of carbonyl (C=O) groups is 2. The molecule has 0 bridgehead atoms. The van der Waals surface area contributed by atoms with E-state index in [-0.39, 0.29) is 18.4 Å². The number of hydrogen-bond donors (Lipinski definition) is 3. The molecule has 0 atom stereocenters. The van der Waals surface area contributed by atoms with E-state index < -0.39 is 0 Å². The predicted octanol–water partition coefficient (Wildman–Crippen LogP) is 3.90. The van der Waals surface area contributed by atoms with Gasteiger partial charge < -0.3 is 25.2 Å². The Labute approximate surface area is 187 Å². The van der Waals surface area contributed by atoms with Gasteiger partial charge in [-0.3, -0.25) is 9.59 Å². The highest BCUT2D eigenvalue weighted by Crippen LogP contribution is 2.36. The summed E-state index contributed by atoms with van der Waals surface area (Å²) in [5.41, 5.74) is 1.72. The molecule has 7 nitrogen and oxygen atoms in total. The fourth-order valence-corrected chi connectivity index (χ4v) is 2.90. The summed E-state index contributed by atoms with van der Waals surface area (Å²) in [4.78, 5) is 24.2. The third kappa shape index (κ3) is 7.62. The van der Waals surface area contributed by atoms with Crippen molar-refractivity contribution in [2.24, 2.45) is 0 Å². The minimum atomic E-state index is -0.332. The van der Waals surface area contributed by atoms with Gasteiger partial charge in [0.1, 0.15) is 0 Å². The summed E-state index contributed by atoms with van der Waals surface area (Å²) in [6, 6.07) is 9.97. The van der Waals surface area contributed by atoms with Gasteiger partial charge in [-0.2, -0.15) is 0 Å². The Morgan fingerprint density at radius 1 is 1.19 bits per heavy atom. The van der Waals surface area contributed by atoms with Crippen molar-refractivity contribution in [3.8, 4) is 11.5 Å². The number of nitrogens with one attached hydrogen (secondary N) is 2. The molecule has 0 aromatic heterocycles. The Kier molecular flexibility index (Phi) is 9.87. The lowest BCUT2D eigenvalue weighted by molar-refractivity contribution is -0.111. The molecule has 2 aromatic rings. The monoisotopic (exact) mass is 446 g/mol. The Balaban J connectivity index is 1.99. The summed E-state index contributed by atoms with van der Waals surface area (Å²) < 4.78 is 11.0. The quantitative estimate of drug-likeness (QED) is 0.359. The zero-order valence-corrected chi connectivity index (χ0v) is 18.4. The first-order valence-electron chi connectivity index (χ1n) is 9.97. The van der Waals surface area contributed by atoms with E-state index in [0.717, 1.165) is 6.42 Å². The molecule has 0 aliphatic rings. The van der Waals surface area contributed by atoms with Crippen LogP contribution in [-0.2, 0) is 4.79 Å². The lowest BCUT2D eigenvalue weighted by atomic mass is 10.1. The first-order chi connectivity index (χ1) is 15.0. The molecule has 166 valence electrons. The molecule has 0 unspecified atom stereocenters. The third-order valence-electron chi connectivity index (χ3n) is 4.16. The maximum Gasteiger partial charge on any atom is 0.251 e. The van der Waals surface area contributed by atoms with Crippen LogP contribution in [0.1, 0.15) is 35.7 Å². The van der Waals surface area contributed by atoms with E-state index in [9.17, 15) is 9.59 Å². The molecule has 0 aliphatic carbocycles. The second-order valence-electron chi connectivity index (χ2n) is 6.62. The molecule has 2 aromatic carbocycles. The number of ether oxygens (including phenoxy) is 2. The van der Waals surface area contributed by atoms with Crippen LogP contribution in [0.2, 0.25) is 5.02 Å². The van der Waals surface area contributed by atoms with Crippen LogP contribution in [0.15, 0.2) is 42.5 Å². The highest BCUT2D eigenvalue weighted by molar-refractivity contribution is 6.32. The third-order valence-corrected chi connectivity index (χ3v) is 4.45. The second kappa shape index (κ2) is 12.6. The largest absolute Gasteiger partial charge is 0.493 e. The highest BCUT2D eigenvalue weighted by atomic mass is 35.5. The predicted molar refractivity (Wildman–Crippen MR) is 122 cm³/mol. The first kappa shape index (κ1) is 24.2. The van der Waals surface area contributed by atoms with Gasteiger partial charge in [0.05, 0.1) is 18.7 Å². The van der Waals surface area contributed by atoms with E-state index >= 15 is 0 Å². The molecule has 0 heterocycles.